The second-order valence-corrected chi connectivity index (χ2v) is 4.07. The Morgan fingerprint density at radius 2 is 2.17 bits per heavy atom. The molecule has 0 N–H and O–H groups in total. The number of nitrogens with zero attached hydrogens (tertiary/aromatic N) is 2. The summed E-state index contributed by atoms with van der Waals surface area (Å²) in [6, 6.07) is 0. The number of thioether (sulfide) groups is 1. The Balaban J connectivity index is 2.70. The molecule has 64 valence electrons. The van der Waals surface area contributed by atoms with E-state index in [1.54, 1.807) is 11.8 Å². The van der Waals surface area contributed by atoms with Gasteiger partial charge in [0.15, 0.2) is 0 Å². The summed E-state index contributed by atoms with van der Waals surface area (Å²) >= 11 is 1.58. The van der Waals surface area contributed by atoms with Crippen molar-refractivity contribution < 1.29 is 0 Å². The smallest absolute Gasteiger partial charge is 0.146 e. The summed E-state index contributed by atoms with van der Waals surface area (Å²) in [5.41, 5.74) is 0.723. The summed E-state index contributed by atoms with van der Waals surface area (Å²) in [6.07, 6.45) is 5.15. The molecule has 0 atom stereocenters. The van der Waals surface area contributed by atoms with E-state index in [9.17, 15) is 0 Å². The normalized spacial score (nSPS) is 19.8. The van der Waals surface area contributed by atoms with Crippen molar-refractivity contribution in [3.63, 3.8) is 0 Å². The Morgan fingerprint density at radius 1 is 1.50 bits per heavy atom. The molecule has 0 aliphatic carbocycles. The van der Waals surface area contributed by atoms with E-state index in [4.69, 9.17) is 6.42 Å². The fourth-order valence-electron chi connectivity index (χ4n) is 1.06. The summed E-state index contributed by atoms with van der Waals surface area (Å²) in [7, 11) is 0. The van der Waals surface area contributed by atoms with E-state index >= 15 is 0 Å². The summed E-state index contributed by atoms with van der Waals surface area (Å²) in [4.78, 5) is 8.80. The number of terminal acetylenes is 1. The zero-order valence-electron chi connectivity index (χ0n) is 7.59. The third kappa shape index (κ3) is 2.12. The lowest BCUT2D eigenvalue weighted by molar-refractivity contribution is 0.567. The van der Waals surface area contributed by atoms with E-state index in [-0.39, 0.29) is 5.66 Å². The minimum absolute atomic E-state index is 0.277. The summed E-state index contributed by atoms with van der Waals surface area (Å²) in [5.74, 6) is 3.24. The molecule has 12 heavy (non-hydrogen) atoms. The van der Waals surface area contributed by atoms with Gasteiger partial charge in [0.05, 0.1) is 11.5 Å². The zero-order valence-corrected chi connectivity index (χ0v) is 8.40. The van der Waals surface area contributed by atoms with Crippen molar-refractivity contribution in [1.29, 1.82) is 0 Å². The van der Waals surface area contributed by atoms with Crippen LogP contribution < -0.4 is 0 Å². The average Bonchev–Trinajstić information content (AvgIpc) is 2.20. The van der Waals surface area contributed by atoms with Gasteiger partial charge in [0.1, 0.15) is 10.7 Å². The fourth-order valence-corrected chi connectivity index (χ4v) is 1.82. The largest absolute Gasteiger partial charge is 0.258 e. The molecule has 0 saturated heterocycles. The maximum atomic E-state index is 5.15. The van der Waals surface area contributed by atoms with Crippen LogP contribution in [0.4, 0.5) is 0 Å². The van der Waals surface area contributed by atoms with Gasteiger partial charge in [-0.15, -0.1) is 6.42 Å². The van der Waals surface area contributed by atoms with Gasteiger partial charge in [0, 0.05) is 0 Å². The topological polar surface area (TPSA) is 24.7 Å². The molecule has 0 aromatic heterocycles. The molecule has 0 bridgehead atoms. The quantitative estimate of drug-likeness (QED) is 0.566. The Hall–Kier alpha value is -0.750. The Kier molecular flexibility index (Phi) is 2.58. The first kappa shape index (κ1) is 9.34. The third-order valence-corrected chi connectivity index (χ3v) is 2.39. The molecule has 0 aromatic carbocycles. The van der Waals surface area contributed by atoms with Gasteiger partial charge in [0.2, 0.25) is 0 Å². The summed E-state index contributed by atoms with van der Waals surface area (Å²) in [6.45, 7) is 5.94. The van der Waals surface area contributed by atoms with Gasteiger partial charge >= 0.3 is 0 Å². The fraction of sp³-hybridized carbons (Fsp3) is 0.556. The first-order valence-corrected chi connectivity index (χ1v) is 4.77. The average molecular weight is 180 g/mol. The Morgan fingerprint density at radius 3 is 2.58 bits per heavy atom. The van der Waals surface area contributed by atoms with Crippen molar-refractivity contribution in [2.24, 2.45) is 9.98 Å². The van der Waals surface area contributed by atoms with Crippen LogP contribution in [0.1, 0.15) is 20.8 Å². The molecule has 0 radical (unpaired) electrons. The van der Waals surface area contributed by atoms with Crippen LogP contribution in [0.2, 0.25) is 0 Å². The molecule has 1 aliphatic heterocycles. The van der Waals surface area contributed by atoms with Gasteiger partial charge in [-0.3, -0.25) is 4.99 Å². The predicted octanol–water partition coefficient (Wildman–Crippen LogP) is 1.96. The molecule has 0 spiro atoms. The van der Waals surface area contributed by atoms with Gasteiger partial charge in [-0.05, 0) is 20.8 Å². The lowest BCUT2D eigenvalue weighted by Crippen LogP contribution is -2.08. The van der Waals surface area contributed by atoms with Crippen LogP contribution in [0.3, 0.4) is 0 Å². The van der Waals surface area contributed by atoms with Gasteiger partial charge in [-0.2, -0.15) is 0 Å². The SMILES string of the molecule is C#CCSC1=NC(C)(C)N=C1C. The van der Waals surface area contributed by atoms with E-state index in [0.717, 1.165) is 10.8 Å². The minimum atomic E-state index is -0.277. The van der Waals surface area contributed by atoms with Gasteiger partial charge in [-0.25, -0.2) is 4.99 Å². The number of rotatable bonds is 1. The highest BCUT2D eigenvalue weighted by Gasteiger charge is 2.23. The van der Waals surface area contributed by atoms with E-state index in [1.165, 1.54) is 0 Å². The highest BCUT2D eigenvalue weighted by Crippen LogP contribution is 2.22. The summed E-state index contributed by atoms with van der Waals surface area (Å²) in [5, 5.41) is 0.984. The standard InChI is InChI=1S/C9H12N2S/c1-5-6-12-8-7(2)10-9(3,4)11-8/h1H,6H2,2-4H3. The molecule has 0 saturated carbocycles. The van der Waals surface area contributed by atoms with Crippen molar-refractivity contribution >= 4 is 22.5 Å². The molecule has 0 unspecified atom stereocenters. The van der Waals surface area contributed by atoms with E-state index in [2.05, 4.69) is 15.9 Å². The van der Waals surface area contributed by atoms with Crippen molar-refractivity contribution in [2.45, 2.75) is 26.4 Å². The molecule has 1 rings (SSSR count). The minimum Gasteiger partial charge on any atom is -0.258 e. The molecule has 1 aliphatic rings. The van der Waals surface area contributed by atoms with E-state index < -0.39 is 0 Å². The lowest BCUT2D eigenvalue weighted by Gasteiger charge is -2.07. The van der Waals surface area contributed by atoms with Crippen molar-refractivity contribution in [2.75, 3.05) is 5.75 Å². The van der Waals surface area contributed by atoms with Crippen LogP contribution in [0.15, 0.2) is 9.98 Å². The number of hydrogen-bond donors (Lipinski definition) is 0. The molecular weight excluding hydrogens is 168 g/mol. The van der Waals surface area contributed by atoms with E-state index in [1.807, 2.05) is 20.8 Å². The molecule has 2 nitrogen and oxygen atoms in total. The zero-order chi connectivity index (χ0) is 9.19. The molecule has 0 fully saturated rings. The van der Waals surface area contributed by atoms with Crippen LogP contribution in [-0.4, -0.2) is 22.2 Å². The van der Waals surface area contributed by atoms with Gasteiger partial charge in [0.25, 0.3) is 0 Å². The molecule has 0 amide bonds. The first-order valence-electron chi connectivity index (χ1n) is 3.78. The van der Waals surface area contributed by atoms with Crippen LogP contribution in [-0.2, 0) is 0 Å². The van der Waals surface area contributed by atoms with Crippen molar-refractivity contribution in [3.8, 4) is 12.3 Å². The number of aliphatic imine (C=N–C) groups is 2. The maximum Gasteiger partial charge on any atom is 0.146 e. The van der Waals surface area contributed by atoms with Crippen LogP contribution in [0, 0.1) is 12.3 Å². The predicted molar refractivity (Wildman–Crippen MR) is 55.9 cm³/mol. The Labute approximate surface area is 77.6 Å². The molecule has 3 heteroatoms. The second kappa shape index (κ2) is 3.32. The molecule has 0 aromatic rings. The van der Waals surface area contributed by atoms with Crippen LogP contribution >= 0.6 is 11.8 Å². The van der Waals surface area contributed by atoms with Crippen molar-refractivity contribution in [1.82, 2.24) is 0 Å². The first-order chi connectivity index (χ1) is 5.55. The van der Waals surface area contributed by atoms with Gasteiger partial charge in [-0.1, -0.05) is 17.7 Å². The monoisotopic (exact) mass is 180 g/mol. The van der Waals surface area contributed by atoms with Gasteiger partial charge < -0.3 is 0 Å². The molecular formula is C9H12N2S. The lowest BCUT2D eigenvalue weighted by atomic mass is 10.3. The van der Waals surface area contributed by atoms with Crippen LogP contribution in [0.5, 0.6) is 0 Å². The highest BCUT2D eigenvalue weighted by molar-refractivity contribution is 8.15. The van der Waals surface area contributed by atoms with Crippen molar-refractivity contribution in [3.05, 3.63) is 0 Å². The maximum absolute atomic E-state index is 5.15. The molecule has 1 heterocycles. The highest BCUT2D eigenvalue weighted by atomic mass is 32.2. The third-order valence-electron chi connectivity index (χ3n) is 1.42. The Bertz CT molecular complexity index is 281. The van der Waals surface area contributed by atoms with Crippen LogP contribution in [0.25, 0.3) is 0 Å². The van der Waals surface area contributed by atoms with E-state index in [0.29, 0.717) is 5.75 Å². The summed E-state index contributed by atoms with van der Waals surface area (Å²) < 4.78 is 0. The second-order valence-electron chi connectivity index (χ2n) is 3.10. The number of hydrogen-bond acceptors (Lipinski definition) is 3.